The van der Waals surface area contributed by atoms with Gasteiger partial charge in [-0.15, -0.1) is 0 Å². The molecule has 0 aliphatic carbocycles. The third-order valence-corrected chi connectivity index (χ3v) is 4.18. The molecule has 0 unspecified atom stereocenters. The van der Waals surface area contributed by atoms with Crippen molar-refractivity contribution in [3.63, 3.8) is 0 Å². The third kappa shape index (κ3) is 5.97. The third-order valence-electron chi connectivity index (χ3n) is 4.18. The Morgan fingerprint density at radius 3 is 2.55 bits per heavy atom. The minimum absolute atomic E-state index is 0.0491. The van der Waals surface area contributed by atoms with Gasteiger partial charge in [0.2, 0.25) is 5.91 Å². The zero-order valence-electron chi connectivity index (χ0n) is 16.5. The number of para-hydroxylation sites is 1. The maximum Gasteiger partial charge on any atom is 0.287 e. The molecule has 2 aromatic carbocycles. The molecule has 3 rings (SSSR count). The van der Waals surface area contributed by atoms with Crippen LogP contribution in [0.2, 0.25) is 0 Å². The van der Waals surface area contributed by atoms with E-state index in [9.17, 15) is 9.59 Å². The summed E-state index contributed by atoms with van der Waals surface area (Å²) in [6.07, 6.45) is 0. The maximum absolute atomic E-state index is 12.3. The number of ether oxygens (including phenoxy) is 1. The Kier molecular flexibility index (Phi) is 6.68. The van der Waals surface area contributed by atoms with Crippen LogP contribution in [-0.2, 0) is 17.9 Å². The number of nitrogens with one attached hydrogen (secondary N) is 2. The lowest BCUT2D eigenvalue weighted by molar-refractivity contribution is -0.118. The summed E-state index contributed by atoms with van der Waals surface area (Å²) in [4.78, 5) is 24.2. The van der Waals surface area contributed by atoms with Crippen LogP contribution in [0.1, 0.15) is 35.7 Å². The normalized spacial score (nSPS) is 10.6. The van der Waals surface area contributed by atoms with Crippen molar-refractivity contribution in [3.8, 4) is 5.75 Å². The average Bonchev–Trinajstić information content (AvgIpc) is 3.21. The second kappa shape index (κ2) is 9.59. The van der Waals surface area contributed by atoms with E-state index in [2.05, 4.69) is 10.6 Å². The van der Waals surface area contributed by atoms with Crippen LogP contribution in [0.4, 0.5) is 5.69 Å². The Bertz CT molecular complexity index is 964. The van der Waals surface area contributed by atoms with Crippen molar-refractivity contribution in [3.05, 3.63) is 83.8 Å². The predicted octanol–water partition coefficient (Wildman–Crippen LogP) is 4.38. The Balaban J connectivity index is 1.52. The lowest BCUT2D eigenvalue weighted by Crippen LogP contribution is -2.22. The largest absolute Gasteiger partial charge is 0.486 e. The molecule has 150 valence electrons. The second-order valence-corrected chi connectivity index (χ2v) is 6.89. The summed E-state index contributed by atoms with van der Waals surface area (Å²) >= 11 is 0. The van der Waals surface area contributed by atoms with E-state index in [1.165, 1.54) is 0 Å². The standard InChI is InChI=1S/C23H24N2O4/c1-16(2)22(26)25-18-8-6-7-17(13-18)14-24-23(27)21-12-11-20(29-21)15-28-19-9-4-3-5-10-19/h3-13,16H,14-15H2,1-2H3,(H,24,27)(H,25,26). The van der Waals surface area contributed by atoms with Crippen molar-refractivity contribution in [2.24, 2.45) is 5.92 Å². The Morgan fingerprint density at radius 2 is 1.79 bits per heavy atom. The first-order chi connectivity index (χ1) is 14.0. The molecule has 1 heterocycles. The van der Waals surface area contributed by atoms with Gasteiger partial charge in [0.05, 0.1) is 0 Å². The van der Waals surface area contributed by atoms with Crippen molar-refractivity contribution in [1.29, 1.82) is 0 Å². The number of benzene rings is 2. The summed E-state index contributed by atoms with van der Waals surface area (Å²) in [5, 5.41) is 5.67. The molecule has 0 saturated carbocycles. The smallest absolute Gasteiger partial charge is 0.287 e. The van der Waals surface area contributed by atoms with Crippen molar-refractivity contribution in [2.45, 2.75) is 27.0 Å². The summed E-state index contributed by atoms with van der Waals surface area (Å²) in [6, 6.07) is 20.1. The lowest BCUT2D eigenvalue weighted by atomic mass is 10.1. The number of rotatable bonds is 8. The van der Waals surface area contributed by atoms with Crippen LogP contribution in [0, 0.1) is 5.92 Å². The van der Waals surface area contributed by atoms with E-state index >= 15 is 0 Å². The summed E-state index contributed by atoms with van der Waals surface area (Å²) in [5.74, 6) is 1.06. The van der Waals surface area contributed by atoms with Crippen LogP contribution >= 0.6 is 0 Å². The molecular formula is C23H24N2O4. The highest BCUT2D eigenvalue weighted by Gasteiger charge is 2.12. The minimum atomic E-state index is -0.312. The molecule has 0 fully saturated rings. The number of hydrogen-bond donors (Lipinski definition) is 2. The van der Waals surface area contributed by atoms with Crippen molar-refractivity contribution >= 4 is 17.5 Å². The molecule has 1 aromatic heterocycles. The van der Waals surface area contributed by atoms with Gasteiger partial charge < -0.3 is 19.8 Å². The zero-order chi connectivity index (χ0) is 20.6. The molecule has 0 atom stereocenters. The van der Waals surface area contributed by atoms with E-state index in [0.717, 1.165) is 11.3 Å². The number of carbonyl (C=O) groups excluding carboxylic acids is 2. The van der Waals surface area contributed by atoms with Crippen LogP contribution in [0.3, 0.4) is 0 Å². The van der Waals surface area contributed by atoms with Gasteiger partial charge in [-0.2, -0.15) is 0 Å². The van der Waals surface area contributed by atoms with Gasteiger partial charge in [0.25, 0.3) is 5.91 Å². The van der Waals surface area contributed by atoms with E-state index in [1.54, 1.807) is 12.1 Å². The fourth-order valence-electron chi connectivity index (χ4n) is 2.56. The van der Waals surface area contributed by atoms with E-state index in [-0.39, 0.29) is 30.1 Å². The van der Waals surface area contributed by atoms with Crippen molar-refractivity contribution in [1.82, 2.24) is 5.32 Å². The first-order valence-corrected chi connectivity index (χ1v) is 9.46. The van der Waals surface area contributed by atoms with E-state index in [1.807, 2.05) is 68.4 Å². The molecule has 2 N–H and O–H groups in total. The number of amides is 2. The summed E-state index contributed by atoms with van der Waals surface area (Å²) in [5.41, 5.74) is 1.58. The van der Waals surface area contributed by atoms with Gasteiger partial charge in [-0.05, 0) is 42.0 Å². The minimum Gasteiger partial charge on any atom is -0.486 e. The summed E-state index contributed by atoms with van der Waals surface area (Å²) in [7, 11) is 0. The zero-order valence-corrected chi connectivity index (χ0v) is 16.5. The van der Waals surface area contributed by atoms with E-state index < -0.39 is 0 Å². The molecule has 3 aromatic rings. The van der Waals surface area contributed by atoms with Gasteiger partial charge >= 0.3 is 0 Å². The molecule has 0 bridgehead atoms. The quantitative estimate of drug-likeness (QED) is 0.596. The Hall–Kier alpha value is -3.54. The molecule has 0 radical (unpaired) electrons. The van der Waals surface area contributed by atoms with Gasteiger partial charge in [-0.1, -0.05) is 44.2 Å². The Labute approximate surface area is 169 Å². The van der Waals surface area contributed by atoms with Crippen LogP contribution in [0.25, 0.3) is 0 Å². The second-order valence-electron chi connectivity index (χ2n) is 6.89. The van der Waals surface area contributed by atoms with Gasteiger partial charge in [-0.25, -0.2) is 0 Å². The first kappa shape index (κ1) is 20.2. The molecule has 0 spiro atoms. The monoisotopic (exact) mass is 392 g/mol. The maximum atomic E-state index is 12.3. The first-order valence-electron chi connectivity index (χ1n) is 9.46. The summed E-state index contributed by atoms with van der Waals surface area (Å²) in [6.45, 7) is 4.24. The van der Waals surface area contributed by atoms with Crippen LogP contribution in [0.15, 0.2) is 71.1 Å². The number of carbonyl (C=O) groups is 2. The fourth-order valence-corrected chi connectivity index (χ4v) is 2.56. The van der Waals surface area contributed by atoms with Gasteiger partial charge in [-0.3, -0.25) is 9.59 Å². The van der Waals surface area contributed by atoms with Crippen LogP contribution in [0.5, 0.6) is 5.75 Å². The molecule has 29 heavy (non-hydrogen) atoms. The highest BCUT2D eigenvalue weighted by Crippen LogP contribution is 2.15. The molecule has 6 nitrogen and oxygen atoms in total. The molecule has 0 aliphatic rings. The van der Waals surface area contributed by atoms with Gasteiger partial charge in [0, 0.05) is 18.2 Å². The van der Waals surface area contributed by atoms with Crippen molar-refractivity contribution < 1.29 is 18.7 Å². The van der Waals surface area contributed by atoms with E-state index in [4.69, 9.17) is 9.15 Å². The van der Waals surface area contributed by atoms with Gasteiger partial charge in [0.15, 0.2) is 5.76 Å². The number of furan rings is 1. The molecule has 0 saturated heterocycles. The van der Waals surface area contributed by atoms with E-state index in [0.29, 0.717) is 18.0 Å². The molecular weight excluding hydrogens is 368 g/mol. The fraction of sp³-hybridized carbons (Fsp3) is 0.217. The van der Waals surface area contributed by atoms with Crippen LogP contribution < -0.4 is 15.4 Å². The average molecular weight is 392 g/mol. The number of anilines is 1. The van der Waals surface area contributed by atoms with Gasteiger partial charge in [0.1, 0.15) is 18.1 Å². The molecule has 2 amide bonds. The summed E-state index contributed by atoms with van der Waals surface area (Å²) < 4.78 is 11.2. The molecule has 6 heteroatoms. The highest BCUT2D eigenvalue weighted by molar-refractivity contribution is 5.92. The molecule has 0 aliphatic heterocycles. The number of hydrogen-bond acceptors (Lipinski definition) is 4. The predicted molar refractivity (Wildman–Crippen MR) is 111 cm³/mol. The topological polar surface area (TPSA) is 80.6 Å². The Morgan fingerprint density at radius 1 is 1.00 bits per heavy atom. The SMILES string of the molecule is CC(C)C(=O)Nc1cccc(CNC(=O)c2ccc(COc3ccccc3)o2)c1. The lowest BCUT2D eigenvalue weighted by Gasteiger charge is -2.09. The van der Waals surface area contributed by atoms with Crippen LogP contribution in [-0.4, -0.2) is 11.8 Å². The highest BCUT2D eigenvalue weighted by atomic mass is 16.5. The van der Waals surface area contributed by atoms with Crippen molar-refractivity contribution in [2.75, 3.05) is 5.32 Å².